The minimum Gasteiger partial charge on any atom is -0.449 e. The van der Waals surface area contributed by atoms with Gasteiger partial charge in [0.25, 0.3) is 0 Å². The lowest BCUT2D eigenvalue weighted by Gasteiger charge is -2.16. The van der Waals surface area contributed by atoms with E-state index >= 15 is 4.39 Å². The third-order valence-corrected chi connectivity index (χ3v) is 4.44. The van der Waals surface area contributed by atoms with E-state index in [1.54, 1.807) is 29.1 Å². The predicted molar refractivity (Wildman–Crippen MR) is 89.4 cm³/mol. The maximum Gasteiger partial charge on any atom is 0.511 e. The Hall–Kier alpha value is -2.80. The number of rotatable bonds is 3. The van der Waals surface area contributed by atoms with Crippen molar-refractivity contribution in [3.8, 4) is 11.4 Å². The Morgan fingerprint density at radius 2 is 2.00 bits per heavy atom. The molecular formula is C17H12ClFN2O4. The second kappa shape index (κ2) is 5.63. The smallest absolute Gasteiger partial charge is 0.449 e. The van der Waals surface area contributed by atoms with E-state index in [0.717, 1.165) is 12.8 Å². The molecular weight excluding hydrogens is 351 g/mol. The molecule has 1 aromatic carbocycles. The maximum atomic E-state index is 15.3. The third-order valence-electron chi connectivity index (χ3n) is 4.15. The monoisotopic (exact) mass is 362 g/mol. The molecule has 0 saturated heterocycles. The number of hydrogen-bond donors (Lipinski definition) is 1. The summed E-state index contributed by atoms with van der Waals surface area (Å²) >= 11 is 6.21. The van der Waals surface area contributed by atoms with Crippen LogP contribution in [0, 0.1) is 5.82 Å². The Labute approximate surface area is 145 Å². The van der Waals surface area contributed by atoms with Gasteiger partial charge in [-0.1, -0.05) is 11.6 Å². The van der Waals surface area contributed by atoms with Crippen LogP contribution in [0.15, 0.2) is 41.6 Å². The number of nitrogens with zero attached hydrogens (tertiary/aromatic N) is 2. The molecule has 0 aliphatic heterocycles. The number of aromatic nitrogens is 2. The van der Waals surface area contributed by atoms with Crippen LogP contribution in [0.25, 0.3) is 16.6 Å². The highest BCUT2D eigenvalue weighted by Crippen LogP contribution is 2.40. The number of ether oxygens (including phenoxy) is 1. The van der Waals surface area contributed by atoms with Gasteiger partial charge in [-0.15, -0.1) is 0 Å². The van der Waals surface area contributed by atoms with Gasteiger partial charge in [0, 0.05) is 18.4 Å². The molecule has 1 aliphatic carbocycles. The molecule has 1 fully saturated rings. The number of carbonyl (C=O) groups is 1. The Morgan fingerprint density at radius 1 is 1.32 bits per heavy atom. The number of carboxylic acid groups (broad SMARTS) is 1. The van der Waals surface area contributed by atoms with Crippen molar-refractivity contribution in [2.24, 2.45) is 0 Å². The van der Waals surface area contributed by atoms with E-state index in [1.807, 2.05) is 0 Å². The van der Waals surface area contributed by atoms with Crippen molar-refractivity contribution in [3.63, 3.8) is 0 Å². The van der Waals surface area contributed by atoms with Crippen molar-refractivity contribution in [1.29, 1.82) is 0 Å². The summed E-state index contributed by atoms with van der Waals surface area (Å²) < 4.78 is 23.0. The minimum absolute atomic E-state index is 0.00701. The molecule has 2 aromatic heterocycles. The molecule has 0 radical (unpaired) electrons. The molecule has 0 amide bonds. The van der Waals surface area contributed by atoms with Crippen LogP contribution in [0.3, 0.4) is 0 Å². The summed E-state index contributed by atoms with van der Waals surface area (Å²) in [5.74, 6) is -0.999. The molecule has 0 bridgehead atoms. The fourth-order valence-electron chi connectivity index (χ4n) is 2.93. The molecule has 6 nitrogen and oxygen atoms in total. The van der Waals surface area contributed by atoms with Crippen molar-refractivity contribution in [1.82, 2.24) is 9.13 Å². The molecule has 1 N–H and O–H groups in total. The standard InChI is InChI=1S/C17H12ClFN2O4/c18-11-7-10-14(13(19)15(11)20-5-1-2-6-20)21(9-3-4-9)8-12(16(10)22)25-17(23)24/h1-2,5-9H,3-4H2,(H,23,24). The quantitative estimate of drug-likeness (QED) is 0.715. The van der Waals surface area contributed by atoms with E-state index in [2.05, 4.69) is 4.74 Å². The normalized spacial score (nSPS) is 14.0. The lowest BCUT2D eigenvalue weighted by atomic mass is 10.1. The highest BCUT2D eigenvalue weighted by molar-refractivity contribution is 6.33. The second-order valence-electron chi connectivity index (χ2n) is 5.84. The zero-order valence-electron chi connectivity index (χ0n) is 12.8. The van der Waals surface area contributed by atoms with Crippen LogP contribution in [-0.2, 0) is 0 Å². The van der Waals surface area contributed by atoms with Gasteiger partial charge in [-0.3, -0.25) is 4.79 Å². The lowest BCUT2D eigenvalue weighted by molar-refractivity contribution is 0.143. The largest absolute Gasteiger partial charge is 0.511 e. The minimum atomic E-state index is -1.60. The highest BCUT2D eigenvalue weighted by Gasteiger charge is 2.29. The summed E-state index contributed by atoms with van der Waals surface area (Å²) in [6, 6.07) is 4.81. The van der Waals surface area contributed by atoms with Crippen molar-refractivity contribution in [3.05, 3.63) is 57.9 Å². The fourth-order valence-corrected chi connectivity index (χ4v) is 3.22. The Kier molecular flexibility index (Phi) is 3.54. The van der Waals surface area contributed by atoms with Crippen molar-refractivity contribution in [2.45, 2.75) is 18.9 Å². The van der Waals surface area contributed by atoms with Gasteiger partial charge in [0.05, 0.1) is 22.1 Å². The molecule has 0 spiro atoms. The topological polar surface area (TPSA) is 73.5 Å². The van der Waals surface area contributed by atoms with Gasteiger partial charge in [-0.2, -0.15) is 0 Å². The first-order valence-corrected chi connectivity index (χ1v) is 7.96. The van der Waals surface area contributed by atoms with Gasteiger partial charge in [-0.25, -0.2) is 9.18 Å². The van der Waals surface area contributed by atoms with E-state index in [-0.39, 0.29) is 33.4 Å². The van der Waals surface area contributed by atoms with Crippen molar-refractivity contribution < 1.29 is 19.0 Å². The fraction of sp³-hybridized carbons (Fsp3) is 0.176. The SMILES string of the molecule is O=C(O)Oc1cn(C2CC2)c2c(F)c(-n3cccc3)c(Cl)cc2c1=O. The number of pyridine rings is 1. The van der Waals surface area contributed by atoms with E-state index in [9.17, 15) is 9.59 Å². The average Bonchev–Trinajstić information content (AvgIpc) is 3.26. The summed E-state index contributed by atoms with van der Waals surface area (Å²) in [6.07, 6.45) is 4.58. The van der Waals surface area contributed by atoms with Gasteiger partial charge in [0.15, 0.2) is 11.6 Å². The van der Waals surface area contributed by atoms with Crippen molar-refractivity contribution in [2.75, 3.05) is 0 Å². The Balaban J connectivity index is 2.08. The molecule has 0 atom stereocenters. The summed E-state index contributed by atoms with van der Waals surface area (Å²) in [4.78, 5) is 23.4. The van der Waals surface area contributed by atoms with Gasteiger partial charge >= 0.3 is 6.16 Å². The zero-order valence-corrected chi connectivity index (χ0v) is 13.5. The number of fused-ring (bicyclic) bond motifs is 1. The van der Waals surface area contributed by atoms with Crippen molar-refractivity contribution >= 4 is 28.7 Å². The number of benzene rings is 1. The van der Waals surface area contributed by atoms with Gasteiger partial charge in [0.1, 0.15) is 5.69 Å². The van der Waals surface area contributed by atoms with Gasteiger partial charge in [0.2, 0.25) is 5.43 Å². The van der Waals surface area contributed by atoms with Crippen LogP contribution >= 0.6 is 11.6 Å². The molecule has 128 valence electrons. The van der Waals surface area contributed by atoms with Gasteiger partial charge in [-0.05, 0) is 31.0 Å². The number of hydrogen-bond acceptors (Lipinski definition) is 3. The van der Waals surface area contributed by atoms with Gasteiger partial charge < -0.3 is 19.0 Å². The maximum absolute atomic E-state index is 15.3. The first-order valence-electron chi connectivity index (χ1n) is 7.58. The molecule has 1 saturated carbocycles. The van der Waals surface area contributed by atoms with Crippen LogP contribution in [0.2, 0.25) is 5.02 Å². The molecule has 25 heavy (non-hydrogen) atoms. The summed E-state index contributed by atoms with van der Waals surface area (Å²) in [7, 11) is 0. The average molecular weight is 363 g/mol. The van der Waals surface area contributed by atoms with Crippen LogP contribution in [0.4, 0.5) is 9.18 Å². The second-order valence-corrected chi connectivity index (χ2v) is 6.24. The first kappa shape index (κ1) is 15.7. The van der Waals surface area contributed by atoms with E-state index in [0.29, 0.717) is 0 Å². The first-order chi connectivity index (χ1) is 12.0. The van der Waals surface area contributed by atoms with E-state index in [4.69, 9.17) is 16.7 Å². The van der Waals surface area contributed by atoms with Crippen LogP contribution in [0.1, 0.15) is 18.9 Å². The van der Waals surface area contributed by atoms with E-state index in [1.165, 1.54) is 16.8 Å². The highest BCUT2D eigenvalue weighted by atomic mass is 35.5. The molecule has 2 heterocycles. The van der Waals surface area contributed by atoms with Crippen LogP contribution < -0.4 is 10.2 Å². The Bertz CT molecular complexity index is 1050. The lowest BCUT2D eigenvalue weighted by Crippen LogP contribution is -2.17. The van der Waals surface area contributed by atoms with E-state index < -0.39 is 17.4 Å². The molecule has 4 rings (SSSR count). The summed E-state index contributed by atoms with van der Waals surface area (Å²) in [6.45, 7) is 0. The molecule has 1 aliphatic rings. The Morgan fingerprint density at radius 3 is 2.60 bits per heavy atom. The predicted octanol–water partition coefficient (Wildman–Crippen LogP) is 3.98. The summed E-state index contributed by atoms with van der Waals surface area (Å²) in [5.41, 5.74) is -0.479. The molecule has 0 unspecified atom stereocenters. The van der Waals surface area contributed by atoms with Crippen LogP contribution in [0.5, 0.6) is 5.75 Å². The molecule has 3 aromatic rings. The van der Waals surface area contributed by atoms with Crippen LogP contribution in [-0.4, -0.2) is 20.4 Å². The zero-order chi connectivity index (χ0) is 17.7. The third kappa shape index (κ3) is 2.56. The number of halogens is 2. The summed E-state index contributed by atoms with van der Waals surface area (Å²) in [5, 5.41) is 8.85. The molecule has 8 heteroatoms.